The van der Waals surface area contributed by atoms with E-state index in [9.17, 15) is 9.65 Å². The van der Waals surface area contributed by atoms with E-state index in [-0.39, 0.29) is 23.9 Å². The van der Waals surface area contributed by atoms with E-state index >= 15 is 0 Å². The second-order valence-corrected chi connectivity index (χ2v) is 5.86. The smallest absolute Gasteiger partial charge is 0.244 e. The van der Waals surface area contributed by atoms with Crippen LogP contribution >= 0.6 is 15.9 Å². The minimum Gasteiger partial charge on any atom is -0.420 e. The predicted octanol–water partition coefficient (Wildman–Crippen LogP) is 2.68. The number of benzene rings is 1. The van der Waals surface area contributed by atoms with Crippen molar-refractivity contribution in [3.05, 3.63) is 56.8 Å². The van der Waals surface area contributed by atoms with Gasteiger partial charge in [-0.2, -0.15) is 5.26 Å². The van der Waals surface area contributed by atoms with E-state index in [1.54, 1.807) is 12.1 Å². The quantitative estimate of drug-likeness (QED) is 0.855. The van der Waals surface area contributed by atoms with Crippen LogP contribution in [0.15, 0.2) is 34.1 Å². The Morgan fingerprint density at radius 2 is 2.35 bits per heavy atom. The summed E-state index contributed by atoms with van der Waals surface area (Å²) in [6, 6.07) is 6.54. The Balaban J connectivity index is 2.26. The molecule has 8 heteroatoms. The second kappa shape index (κ2) is 6.02. The molecule has 0 radical (unpaired) electrons. The number of nitrogens with one attached hydrogen (secondary N) is 1. The normalized spacial score (nSPS) is 16.7. The van der Waals surface area contributed by atoms with Crippen LogP contribution in [0.2, 0.25) is 0 Å². The van der Waals surface area contributed by atoms with Crippen LogP contribution in [-0.4, -0.2) is 17.3 Å². The fourth-order valence-electron chi connectivity index (χ4n) is 2.61. The van der Waals surface area contributed by atoms with Crippen LogP contribution in [0.3, 0.4) is 0 Å². The van der Waals surface area contributed by atoms with Crippen molar-refractivity contribution in [1.29, 1.82) is 5.26 Å². The summed E-state index contributed by atoms with van der Waals surface area (Å²) < 4.78 is 25.6. The van der Waals surface area contributed by atoms with Crippen LogP contribution in [-0.2, 0) is 11.3 Å². The van der Waals surface area contributed by atoms with Gasteiger partial charge in [0.25, 0.3) is 0 Å². The van der Waals surface area contributed by atoms with Crippen LogP contribution in [0.5, 0.6) is 5.88 Å². The summed E-state index contributed by atoms with van der Waals surface area (Å²) in [5.41, 5.74) is 7.41. The molecule has 0 bridgehead atoms. The lowest BCUT2D eigenvalue weighted by Gasteiger charge is -2.24. The summed E-state index contributed by atoms with van der Waals surface area (Å²) in [6.07, 6.45) is 0. The average Bonchev–Trinajstić information content (AvgIpc) is 2.91. The van der Waals surface area contributed by atoms with Gasteiger partial charge in [-0.1, -0.05) is 15.9 Å². The zero-order valence-electron chi connectivity index (χ0n) is 12.1. The molecule has 1 atom stereocenters. The molecule has 3 N–H and O–H groups in total. The Morgan fingerprint density at radius 1 is 1.57 bits per heavy atom. The number of nitrogens with two attached hydrogens (primary N) is 1. The third-order valence-corrected chi connectivity index (χ3v) is 4.07. The van der Waals surface area contributed by atoms with Gasteiger partial charge in [0, 0.05) is 17.1 Å². The van der Waals surface area contributed by atoms with Crippen molar-refractivity contribution >= 4 is 15.9 Å². The number of aromatic nitrogens is 2. The van der Waals surface area contributed by atoms with Gasteiger partial charge in [-0.15, -0.1) is 5.10 Å². The monoisotopic (exact) mass is 378 g/mol. The summed E-state index contributed by atoms with van der Waals surface area (Å²) in [7, 11) is 1.53. The molecule has 6 nitrogen and oxygen atoms in total. The number of hydrogen-bond acceptors (Lipinski definition) is 5. The number of allylic oxidation sites excluding steroid dienone is 1. The molecule has 1 unspecified atom stereocenters. The molecule has 3 rings (SSSR count). The number of nitrogens with zero attached hydrogens (tertiary/aromatic N) is 2. The topological polar surface area (TPSA) is 97.0 Å². The van der Waals surface area contributed by atoms with Crippen molar-refractivity contribution in [2.24, 2.45) is 5.73 Å². The van der Waals surface area contributed by atoms with Crippen LogP contribution in [0, 0.1) is 17.1 Å². The van der Waals surface area contributed by atoms with E-state index in [0.29, 0.717) is 21.3 Å². The number of halogens is 2. The molecule has 2 aromatic rings. The standard InChI is InChI=1S/C15H12BrFN4O2/c1-22-6-11-13-12(8-4-7(16)2-3-10(8)17)9(5-18)14(19)23-15(13)21-20-11/h2-4,12H,6,19H2,1H3,(H,20,21). The molecule has 0 fully saturated rings. The number of aromatic amines is 1. The van der Waals surface area contributed by atoms with Gasteiger partial charge >= 0.3 is 0 Å². The van der Waals surface area contributed by atoms with Crippen molar-refractivity contribution in [3.63, 3.8) is 0 Å². The zero-order valence-corrected chi connectivity index (χ0v) is 13.6. The van der Waals surface area contributed by atoms with Gasteiger partial charge in [0.05, 0.1) is 23.8 Å². The lowest BCUT2D eigenvalue weighted by molar-refractivity contribution is 0.180. The first kappa shape index (κ1) is 15.5. The van der Waals surface area contributed by atoms with Crippen molar-refractivity contribution < 1.29 is 13.9 Å². The Bertz CT molecular complexity index is 840. The Hall–Kier alpha value is -2.37. The van der Waals surface area contributed by atoms with E-state index in [1.807, 2.05) is 6.07 Å². The largest absolute Gasteiger partial charge is 0.420 e. The van der Waals surface area contributed by atoms with Crippen LogP contribution in [0.4, 0.5) is 4.39 Å². The third-order valence-electron chi connectivity index (χ3n) is 3.58. The summed E-state index contributed by atoms with van der Waals surface area (Å²) in [5, 5.41) is 16.3. The highest BCUT2D eigenvalue weighted by Crippen LogP contribution is 2.44. The molecule has 0 saturated carbocycles. The first-order valence-corrected chi connectivity index (χ1v) is 7.44. The molecule has 0 saturated heterocycles. The van der Waals surface area contributed by atoms with Crippen LogP contribution in [0.25, 0.3) is 0 Å². The molecular weight excluding hydrogens is 367 g/mol. The minimum atomic E-state index is -0.717. The molecule has 1 aliphatic rings. The van der Waals surface area contributed by atoms with Crippen molar-refractivity contribution in [2.75, 3.05) is 7.11 Å². The predicted molar refractivity (Wildman–Crippen MR) is 82.7 cm³/mol. The number of hydrogen-bond donors (Lipinski definition) is 2. The summed E-state index contributed by atoms with van der Waals surface area (Å²) in [4.78, 5) is 0. The molecule has 0 spiro atoms. The van der Waals surface area contributed by atoms with E-state index in [4.69, 9.17) is 15.2 Å². The van der Waals surface area contributed by atoms with Crippen LogP contribution in [0.1, 0.15) is 22.7 Å². The molecule has 118 valence electrons. The number of H-pyrrole nitrogens is 1. The van der Waals surface area contributed by atoms with Gasteiger partial charge in [0.15, 0.2) is 0 Å². The number of methoxy groups -OCH3 is 1. The van der Waals surface area contributed by atoms with Crippen LogP contribution < -0.4 is 10.5 Å². The molecule has 1 aliphatic heterocycles. The highest BCUT2D eigenvalue weighted by Gasteiger charge is 2.36. The fraction of sp³-hybridized carbons (Fsp3) is 0.200. The van der Waals surface area contributed by atoms with E-state index in [2.05, 4.69) is 26.1 Å². The van der Waals surface area contributed by atoms with Gasteiger partial charge in [-0.3, -0.25) is 5.10 Å². The summed E-state index contributed by atoms with van der Waals surface area (Å²) in [5.74, 6) is -1.03. The number of ether oxygens (including phenoxy) is 2. The van der Waals surface area contributed by atoms with E-state index < -0.39 is 11.7 Å². The molecular formula is C15H12BrFN4O2. The first-order valence-electron chi connectivity index (χ1n) is 6.65. The Morgan fingerprint density at radius 3 is 3.04 bits per heavy atom. The van der Waals surface area contributed by atoms with Gasteiger partial charge in [0.1, 0.15) is 17.5 Å². The molecule has 2 heterocycles. The number of nitriles is 1. The summed E-state index contributed by atoms with van der Waals surface area (Å²) >= 11 is 3.32. The lowest BCUT2D eigenvalue weighted by Crippen LogP contribution is -2.22. The molecule has 23 heavy (non-hydrogen) atoms. The highest BCUT2D eigenvalue weighted by molar-refractivity contribution is 9.10. The average molecular weight is 379 g/mol. The third kappa shape index (κ3) is 2.58. The zero-order chi connectivity index (χ0) is 16.6. The molecule has 1 aromatic carbocycles. The first-order chi connectivity index (χ1) is 11.1. The minimum absolute atomic E-state index is 0.0835. The van der Waals surface area contributed by atoms with Gasteiger partial charge in [0.2, 0.25) is 11.8 Å². The van der Waals surface area contributed by atoms with E-state index in [1.165, 1.54) is 13.2 Å². The maximum Gasteiger partial charge on any atom is 0.244 e. The maximum absolute atomic E-state index is 14.4. The second-order valence-electron chi connectivity index (χ2n) is 4.94. The number of fused-ring (bicyclic) bond motifs is 1. The maximum atomic E-state index is 14.4. The SMILES string of the molecule is COCc1[nH]nc2c1C(c1cc(Br)ccc1F)C(C#N)=C(N)O2. The Kier molecular flexibility index (Phi) is 4.07. The van der Waals surface area contributed by atoms with Crippen molar-refractivity contribution in [3.8, 4) is 11.9 Å². The van der Waals surface area contributed by atoms with Crippen molar-refractivity contribution in [1.82, 2.24) is 10.2 Å². The summed E-state index contributed by atoms with van der Waals surface area (Å²) in [6.45, 7) is 0.219. The Labute approximate surface area is 139 Å². The molecule has 0 amide bonds. The van der Waals surface area contributed by atoms with E-state index in [0.717, 1.165) is 0 Å². The number of rotatable bonds is 3. The molecule has 0 aliphatic carbocycles. The fourth-order valence-corrected chi connectivity index (χ4v) is 2.99. The highest BCUT2D eigenvalue weighted by atomic mass is 79.9. The lowest BCUT2D eigenvalue weighted by atomic mass is 9.84. The van der Waals surface area contributed by atoms with Gasteiger partial charge in [-0.05, 0) is 18.2 Å². The van der Waals surface area contributed by atoms with Gasteiger partial charge < -0.3 is 15.2 Å². The van der Waals surface area contributed by atoms with Gasteiger partial charge in [-0.25, -0.2) is 4.39 Å². The van der Waals surface area contributed by atoms with Crippen molar-refractivity contribution in [2.45, 2.75) is 12.5 Å². The molecule has 1 aromatic heterocycles.